The van der Waals surface area contributed by atoms with E-state index in [0.29, 0.717) is 49.8 Å². The lowest BCUT2D eigenvalue weighted by molar-refractivity contribution is 0.272. The van der Waals surface area contributed by atoms with Gasteiger partial charge in [-0.25, -0.2) is 8.42 Å². The average Bonchev–Trinajstić information content (AvgIpc) is 2.85. The van der Waals surface area contributed by atoms with Crippen LogP contribution in [-0.4, -0.2) is 68.7 Å². The molecule has 2 heterocycles. The number of nitrogens with zero attached hydrogens (tertiary/aromatic N) is 4. The zero-order valence-corrected chi connectivity index (χ0v) is 19.8. The molecular weight excluding hydrogens is 464 g/mol. The molecular formula is C23H25ClN4O4S. The van der Waals surface area contributed by atoms with Crippen molar-refractivity contribution in [2.24, 2.45) is 0 Å². The van der Waals surface area contributed by atoms with Gasteiger partial charge in [-0.05, 0) is 30.3 Å². The van der Waals surface area contributed by atoms with Crippen LogP contribution in [0.4, 0.5) is 5.69 Å². The number of methoxy groups -OCH3 is 1. The number of rotatable bonds is 7. The highest BCUT2D eigenvalue weighted by Gasteiger charge is 2.23. The van der Waals surface area contributed by atoms with E-state index in [-0.39, 0.29) is 21.2 Å². The Morgan fingerprint density at radius 2 is 1.76 bits per heavy atom. The molecule has 0 atom stereocenters. The molecule has 1 aromatic heterocycles. The van der Waals surface area contributed by atoms with Crippen LogP contribution in [0.2, 0.25) is 5.02 Å². The van der Waals surface area contributed by atoms with Gasteiger partial charge in [0.2, 0.25) is 0 Å². The van der Waals surface area contributed by atoms with E-state index >= 15 is 0 Å². The van der Waals surface area contributed by atoms with Crippen molar-refractivity contribution in [3.8, 4) is 11.4 Å². The number of ether oxygens (including phenoxy) is 1. The number of hydrogen-bond acceptors (Lipinski definition) is 7. The van der Waals surface area contributed by atoms with Crippen LogP contribution in [-0.2, 0) is 9.84 Å². The number of benzene rings is 2. The molecule has 3 aromatic rings. The van der Waals surface area contributed by atoms with Crippen molar-refractivity contribution in [1.82, 2.24) is 14.7 Å². The summed E-state index contributed by atoms with van der Waals surface area (Å²) < 4.78 is 31.8. The largest absolute Gasteiger partial charge is 0.497 e. The number of aromatic nitrogens is 2. The summed E-state index contributed by atoms with van der Waals surface area (Å²) in [6.45, 7) is 2.98. The summed E-state index contributed by atoms with van der Waals surface area (Å²) in [6, 6.07) is 15.6. The predicted octanol–water partition coefficient (Wildman–Crippen LogP) is 2.49. The zero-order chi connectivity index (χ0) is 23.4. The van der Waals surface area contributed by atoms with E-state index in [1.165, 1.54) is 11.8 Å². The van der Waals surface area contributed by atoms with Gasteiger partial charge < -0.3 is 9.64 Å². The van der Waals surface area contributed by atoms with Crippen LogP contribution in [0.5, 0.6) is 5.75 Å². The standard InChI is InChI=1S/C23H25ClN4O4S/c1-32-19-8-5-9-20(16-19)33(30,31)15-14-26-10-12-27(13-11-26)21-17-25-28(23(29)22(21)24)18-6-3-2-4-7-18/h2-9,16-17H,10-15H2,1H3. The predicted molar refractivity (Wildman–Crippen MR) is 129 cm³/mol. The molecule has 1 aliphatic rings. The highest BCUT2D eigenvalue weighted by Crippen LogP contribution is 2.23. The topological polar surface area (TPSA) is 84.7 Å². The van der Waals surface area contributed by atoms with Crippen LogP contribution in [0.25, 0.3) is 5.69 Å². The molecule has 0 bridgehead atoms. The second kappa shape index (κ2) is 9.94. The molecule has 1 fully saturated rings. The average molecular weight is 489 g/mol. The van der Waals surface area contributed by atoms with Crippen molar-refractivity contribution in [2.75, 3.05) is 50.5 Å². The molecule has 0 N–H and O–H groups in total. The van der Waals surface area contributed by atoms with Crippen molar-refractivity contribution in [3.63, 3.8) is 0 Å². The van der Waals surface area contributed by atoms with E-state index in [9.17, 15) is 13.2 Å². The smallest absolute Gasteiger partial charge is 0.292 e. The summed E-state index contributed by atoms with van der Waals surface area (Å²) in [6.07, 6.45) is 1.61. The van der Waals surface area contributed by atoms with Gasteiger partial charge in [0.1, 0.15) is 10.8 Å². The lowest BCUT2D eigenvalue weighted by Gasteiger charge is -2.36. The first-order valence-electron chi connectivity index (χ1n) is 10.6. The second-order valence-electron chi connectivity index (χ2n) is 7.72. The fraction of sp³-hybridized carbons (Fsp3) is 0.304. The van der Waals surface area contributed by atoms with Gasteiger partial charge in [0, 0.05) is 32.7 Å². The summed E-state index contributed by atoms with van der Waals surface area (Å²) >= 11 is 6.41. The molecule has 10 heteroatoms. The summed E-state index contributed by atoms with van der Waals surface area (Å²) in [5, 5.41) is 4.42. The Hall–Kier alpha value is -2.88. The van der Waals surface area contributed by atoms with Crippen LogP contribution in [0.1, 0.15) is 0 Å². The minimum absolute atomic E-state index is 0.0234. The van der Waals surface area contributed by atoms with Crippen LogP contribution >= 0.6 is 11.6 Å². The van der Waals surface area contributed by atoms with E-state index in [0.717, 1.165) is 0 Å². The van der Waals surface area contributed by atoms with Crippen LogP contribution in [0.15, 0.2) is 70.5 Å². The molecule has 33 heavy (non-hydrogen) atoms. The second-order valence-corrected chi connectivity index (χ2v) is 10.2. The highest BCUT2D eigenvalue weighted by atomic mass is 35.5. The van der Waals surface area contributed by atoms with Gasteiger partial charge in [0.05, 0.1) is 35.3 Å². The van der Waals surface area contributed by atoms with Crippen LogP contribution in [0, 0.1) is 0 Å². The fourth-order valence-corrected chi connectivity index (χ4v) is 5.34. The van der Waals surface area contributed by atoms with Gasteiger partial charge in [0.15, 0.2) is 9.84 Å². The van der Waals surface area contributed by atoms with Gasteiger partial charge in [-0.2, -0.15) is 9.78 Å². The highest BCUT2D eigenvalue weighted by molar-refractivity contribution is 7.91. The molecule has 0 amide bonds. The molecule has 0 aliphatic carbocycles. The number of para-hydroxylation sites is 1. The third-order valence-electron chi connectivity index (χ3n) is 5.69. The third-order valence-corrected chi connectivity index (χ3v) is 7.74. The van der Waals surface area contributed by atoms with Gasteiger partial charge in [0.25, 0.3) is 5.56 Å². The maximum Gasteiger partial charge on any atom is 0.292 e. The number of piperazine rings is 1. The Balaban J connectivity index is 1.38. The third kappa shape index (κ3) is 5.21. The van der Waals surface area contributed by atoms with Crippen molar-refractivity contribution in [1.29, 1.82) is 0 Å². The Bertz CT molecular complexity index is 1270. The van der Waals surface area contributed by atoms with Gasteiger partial charge >= 0.3 is 0 Å². The molecule has 0 unspecified atom stereocenters. The normalized spacial score (nSPS) is 14.9. The van der Waals surface area contributed by atoms with Gasteiger partial charge in [-0.3, -0.25) is 9.69 Å². The quantitative estimate of drug-likeness (QED) is 0.505. The lowest BCUT2D eigenvalue weighted by Crippen LogP contribution is -2.48. The Morgan fingerprint density at radius 1 is 1.03 bits per heavy atom. The molecule has 4 rings (SSSR count). The minimum Gasteiger partial charge on any atom is -0.497 e. The van der Waals surface area contributed by atoms with Crippen molar-refractivity contribution >= 4 is 27.1 Å². The summed E-state index contributed by atoms with van der Waals surface area (Å²) in [5.41, 5.74) is 0.877. The lowest BCUT2D eigenvalue weighted by atomic mass is 10.3. The first-order valence-corrected chi connectivity index (χ1v) is 12.6. The first-order chi connectivity index (χ1) is 15.9. The molecule has 0 spiro atoms. The van der Waals surface area contributed by atoms with E-state index in [1.807, 2.05) is 23.1 Å². The SMILES string of the molecule is COc1cccc(S(=O)(=O)CCN2CCN(c3cnn(-c4ccccc4)c(=O)c3Cl)CC2)c1. The maximum atomic E-state index is 12.7. The van der Waals surface area contributed by atoms with E-state index in [2.05, 4.69) is 10.00 Å². The van der Waals surface area contributed by atoms with Crippen molar-refractivity contribution in [2.45, 2.75) is 4.90 Å². The molecule has 1 aliphatic heterocycles. The number of sulfone groups is 1. The molecule has 8 nitrogen and oxygen atoms in total. The van der Waals surface area contributed by atoms with E-state index in [1.54, 1.807) is 42.6 Å². The molecule has 2 aromatic carbocycles. The first kappa shape index (κ1) is 23.3. The van der Waals surface area contributed by atoms with E-state index in [4.69, 9.17) is 16.3 Å². The zero-order valence-electron chi connectivity index (χ0n) is 18.2. The Morgan fingerprint density at radius 3 is 2.45 bits per heavy atom. The summed E-state index contributed by atoms with van der Waals surface area (Å²) in [5.74, 6) is 0.541. The van der Waals surface area contributed by atoms with Gasteiger partial charge in [-0.15, -0.1) is 0 Å². The van der Waals surface area contributed by atoms with Gasteiger partial charge in [-0.1, -0.05) is 35.9 Å². The molecule has 0 radical (unpaired) electrons. The van der Waals surface area contributed by atoms with Crippen LogP contribution < -0.4 is 15.2 Å². The summed E-state index contributed by atoms with van der Waals surface area (Å²) in [4.78, 5) is 17.1. The monoisotopic (exact) mass is 488 g/mol. The molecule has 1 saturated heterocycles. The fourth-order valence-electron chi connectivity index (χ4n) is 3.77. The van der Waals surface area contributed by atoms with E-state index < -0.39 is 9.84 Å². The van der Waals surface area contributed by atoms with Crippen molar-refractivity contribution in [3.05, 3.63) is 76.2 Å². The number of halogens is 1. The Kier molecular flexibility index (Phi) is 7.02. The minimum atomic E-state index is -3.41. The molecule has 174 valence electrons. The number of hydrogen-bond donors (Lipinski definition) is 0. The maximum absolute atomic E-state index is 12.7. The number of anilines is 1. The van der Waals surface area contributed by atoms with Crippen LogP contribution in [0.3, 0.4) is 0 Å². The van der Waals surface area contributed by atoms with Crippen molar-refractivity contribution < 1.29 is 13.2 Å². The summed E-state index contributed by atoms with van der Waals surface area (Å²) in [7, 11) is -1.90. The Labute approximate surface area is 197 Å². The molecule has 0 saturated carbocycles.